The standard InChI is InChI=1S/C21H26N6/c1-27-13-25-18-3-2-17(7-19(18)27)26-20(24-12-22)23-11-21-8-14-4-15(9-21)6-16(5-14)10-21/h2-3,7,13-16H,4-6,8-11H2,1H3,(H2,23,24,26). The highest BCUT2D eigenvalue weighted by Crippen LogP contribution is 2.60. The number of aromatic nitrogens is 2. The number of anilines is 1. The van der Waals surface area contributed by atoms with Crippen LogP contribution in [0.4, 0.5) is 5.69 Å². The lowest BCUT2D eigenvalue weighted by Gasteiger charge is -2.56. The molecule has 4 bridgehead atoms. The number of nitriles is 1. The Kier molecular flexibility index (Phi) is 3.85. The van der Waals surface area contributed by atoms with Gasteiger partial charge in [0, 0.05) is 19.3 Å². The van der Waals surface area contributed by atoms with E-state index in [4.69, 9.17) is 10.3 Å². The molecule has 0 saturated heterocycles. The third-order valence-electron chi connectivity index (χ3n) is 6.90. The Labute approximate surface area is 159 Å². The largest absolute Gasteiger partial charge is 0.334 e. The van der Waals surface area contributed by atoms with Crippen LogP contribution < -0.4 is 10.6 Å². The number of benzene rings is 1. The molecule has 2 aromatic rings. The number of imidazole rings is 1. The maximum atomic E-state index is 9.16. The number of aryl methyl sites for hydroxylation is 1. The summed E-state index contributed by atoms with van der Waals surface area (Å²) in [5.41, 5.74) is 3.30. The zero-order valence-corrected chi connectivity index (χ0v) is 15.8. The monoisotopic (exact) mass is 362 g/mol. The quantitative estimate of drug-likeness (QED) is 0.378. The number of hydrogen-bond acceptors (Lipinski definition) is 3. The fourth-order valence-electron chi connectivity index (χ4n) is 6.23. The molecule has 1 aromatic carbocycles. The van der Waals surface area contributed by atoms with Crippen LogP contribution in [0, 0.1) is 34.6 Å². The maximum Gasteiger partial charge on any atom is 0.209 e. The topological polar surface area (TPSA) is 78.0 Å². The first-order valence-electron chi connectivity index (χ1n) is 10.0. The lowest BCUT2D eigenvalue weighted by molar-refractivity contribution is -0.0465. The van der Waals surface area contributed by atoms with E-state index in [1.807, 2.05) is 42.3 Å². The van der Waals surface area contributed by atoms with Gasteiger partial charge in [-0.2, -0.15) is 5.26 Å². The Balaban J connectivity index is 1.35. The van der Waals surface area contributed by atoms with Gasteiger partial charge in [-0.3, -0.25) is 10.3 Å². The summed E-state index contributed by atoms with van der Waals surface area (Å²) < 4.78 is 1.99. The molecule has 0 atom stereocenters. The molecule has 0 spiro atoms. The summed E-state index contributed by atoms with van der Waals surface area (Å²) >= 11 is 0. The molecule has 0 unspecified atom stereocenters. The van der Waals surface area contributed by atoms with Gasteiger partial charge in [-0.1, -0.05) is 0 Å². The zero-order chi connectivity index (χ0) is 18.4. The van der Waals surface area contributed by atoms with E-state index in [1.54, 1.807) is 0 Å². The van der Waals surface area contributed by atoms with Crippen molar-refractivity contribution in [1.82, 2.24) is 14.9 Å². The van der Waals surface area contributed by atoms with E-state index in [2.05, 4.69) is 15.6 Å². The second-order valence-corrected chi connectivity index (χ2v) is 9.00. The van der Waals surface area contributed by atoms with Gasteiger partial charge in [0.15, 0.2) is 6.19 Å². The van der Waals surface area contributed by atoms with Gasteiger partial charge < -0.3 is 9.88 Å². The predicted octanol–water partition coefficient (Wildman–Crippen LogP) is 3.63. The van der Waals surface area contributed by atoms with Gasteiger partial charge in [0.2, 0.25) is 5.96 Å². The lowest BCUT2D eigenvalue weighted by atomic mass is 9.49. The molecule has 1 aromatic heterocycles. The normalized spacial score (nSPS) is 31.9. The number of hydrogen-bond donors (Lipinski definition) is 2. The van der Waals surface area contributed by atoms with E-state index in [0.29, 0.717) is 11.4 Å². The summed E-state index contributed by atoms with van der Waals surface area (Å²) in [5, 5.41) is 15.2. The molecule has 4 aliphatic carbocycles. The summed E-state index contributed by atoms with van der Waals surface area (Å²) in [6.07, 6.45) is 12.1. The minimum absolute atomic E-state index is 0.366. The average molecular weight is 362 g/mol. The van der Waals surface area contributed by atoms with Crippen LogP contribution in [0.5, 0.6) is 0 Å². The van der Waals surface area contributed by atoms with E-state index in [9.17, 15) is 0 Å². The maximum absolute atomic E-state index is 9.16. The van der Waals surface area contributed by atoms with Gasteiger partial charge in [0.25, 0.3) is 0 Å². The van der Waals surface area contributed by atoms with Crippen molar-refractivity contribution in [2.45, 2.75) is 38.5 Å². The molecule has 4 aliphatic rings. The first kappa shape index (κ1) is 16.6. The highest BCUT2D eigenvalue weighted by atomic mass is 15.2. The van der Waals surface area contributed by atoms with Crippen molar-refractivity contribution >= 4 is 22.7 Å². The highest BCUT2D eigenvalue weighted by Gasteiger charge is 2.50. The Hall–Kier alpha value is -2.55. The molecule has 27 heavy (non-hydrogen) atoms. The number of rotatable bonds is 3. The molecule has 0 radical (unpaired) electrons. The van der Waals surface area contributed by atoms with E-state index < -0.39 is 0 Å². The molecule has 6 nitrogen and oxygen atoms in total. The van der Waals surface area contributed by atoms with Crippen molar-refractivity contribution in [3.05, 3.63) is 24.5 Å². The molecule has 6 heteroatoms. The first-order valence-corrected chi connectivity index (χ1v) is 10.0. The van der Waals surface area contributed by atoms with Crippen LogP contribution in [0.15, 0.2) is 29.5 Å². The van der Waals surface area contributed by atoms with Crippen molar-refractivity contribution in [2.75, 3.05) is 11.9 Å². The second-order valence-electron chi connectivity index (χ2n) is 9.00. The van der Waals surface area contributed by atoms with Crippen molar-refractivity contribution in [3.63, 3.8) is 0 Å². The summed E-state index contributed by atoms with van der Waals surface area (Å²) in [5.74, 6) is 3.30. The third kappa shape index (κ3) is 3.05. The minimum atomic E-state index is 0.366. The van der Waals surface area contributed by atoms with Crippen LogP contribution >= 0.6 is 0 Å². The lowest BCUT2D eigenvalue weighted by Crippen LogP contribution is -2.47. The molecular weight excluding hydrogens is 336 g/mol. The van der Waals surface area contributed by atoms with E-state index in [-0.39, 0.29) is 0 Å². The van der Waals surface area contributed by atoms with Crippen LogP contribution in [0.3, 0.4) is 0 Å². The molecular formula is C21H26N6. The van der Waals surface area contributed by atoms with Crippen LogP contribution in [0.25, 0.3) is 11.0 Å². The summed E-state index contributed by atoms with van der Waals surface area (Å²) in [6, 6.07) is 6.01. The van der Waals surface area contributed by atoms with Gasteiger partial charge in [-0.25, -0.2) is 4.98 Å². The number of guanidine groups is 1. The summed E-state index contributed by atoms with van der Waals surface area (Å²) in [6.45, 7) is 0.821. The first-order chi connectivity index (χ1) is 13.1. The Morgan fingerprint density at radius 2 is 1.96 bits per heavy atom. The molecule has 4 fully saturated rings. The average Bonchev–Trinajstić information content (AvgIpc) is 3.00. The number of nitrogens with zero attached hydrogens (tertiary/aromatic N) is 4. The van der Waals surface area contributed by atoms with Crippen molar-refractivity contribution < 1.29 is 0 Å². The van der Waals surface area contributed by atoms with Crippen LogP contribution in [-0.4, -0.2) is 22.1 Å². The van der Waals surface area contributed by atoms with Crippen molar-refractivity contribution in [3.8, 4) is 6.19 Å². The minimum Gasteiger partial charge on any atom is -0.334 e. The van der Waals surface area contributed by atoms with Crippen LogP contribution in [-0.2, 0) is 7.05 Å². The number of aliphatic imine (C=N–C) groups is 1. The van der Waals surface area contributed by atoms with E-state index >= 15 is 0 Å². The number of nitrogens with one attached hydrogen (secondary N) is 2. The molecule has 1 heterocycles. The number of fused-ring (bicyclic) bond motifs is 1. The zero-order valence-electron chi connectivity index (χ0n) is 15.8. The van der Waals surface area contributed by atoms with Gasteiger partial charge in [0.05, 0.1) is 17.4 Å². The molecule has 4 saturated carbocycles. The summed E-state index contributed by atoms with van der Waals surface area (Å²) in [7, 11) is 1.98. The van der Waals surface area contributed by atoms with E-state index in [0.717, 1.165) is 41.0 Å². The van der Waals surface area contributed by atoms with Gasteiger partial charge in [0.1, 0.15) is 0 Å². The molecule has 140 valence electrons. The molecule has 2 N–H and O–H groups in total. The Morgan fingerprint density at radius 1 is 1.26 bits per heavy atom. The fraction of sp³-hybridized carbons (Fsp3) is 0.571. The van der Waals surface area contributed by atoms with Gasteiger partial charge in [-0.15, -0.1) is 0 Å². The highest BCUT2D eigenvalue weighted by molar-refractivity contribution is 5.96. The molecule has 6 rings (SSSR count). The SMILES string of the molecule is Cn1cnc2ccc(NC(=NCC34CC5CC(CC(C5)C3)C4)NC#N)cc21. The third-order valence-corrected chi connectivity index (χ3v) is 6.90. The smallest absolute Gasteiger partial charge is 0.209 e. The second kappa shape index (κ2) is 6.26. The van der Waals surface area contributed by atoms with Crippen LogP contribution in [0.1, 0.15) is 38.5 Å². The van der Waals surface area contributed by atoms with Gasteiger partial charge >= 0.3 is 0 Å². The fourth-order valence-corrected chi connectivity index (χ4v) is 6.23. The van der Waals surface area contributed by atoms with Crippen molar-refractivity contribution in [2.24, 2.45) is 35.2 Å². The molecule has 0 amide bonds. The van der Waals surface area contributed by atoms with Crippen molar-refractivity contribution in [1.29, 1.82) is 5.26 Å². The summed E-state index contributed by atoms with van der Waals surface area (Å²) in [4.78, 5) is 9.19. The Morgan fingerprint density at radius 3 is 2.63 bits per heavy atom. The predicted molar refractivity (Wildman–Crippen MR) is 106 cm³/mol. The van der Waals surface area contributed by atoms with Crippen LogP contribution in [0.2, 0.25) is 0 Å². The van der Waals surface area contributed by atoms with Gasteiger partial charge in [-0.05, 0) is 79.9 Å². The Bertz CT molecular complexity index is 899. The molecule has 0 aliphatic heterocycles. The van der Waals surface area contributed by atoms with E-state index in [1.165, 1.54) is 38.5 Å².